The molecule has 0 saturated heterocycles. The summed E-state index contributed by atoms with van der Waals surface area (Å²) in [5, 5.41) is 19.7. The molecule has 1 amide bonds. The van der Waals surface area contributed by atoms with Crippen LogP contribution in [0.15, 0.2) is 93.3 Å². The largest absolute Gasteiger partial charge is 0.381 e. The summed E-state index contributed by atoms with van der Waals surface area (Å²) in [5.74, 6) is -0.110. The van der Waals surface area contributed by atoms with E-state index in [9.17, 15) is 4.79 Å². The predicted molar refractivity (Wildman–Crippen MR) is 122 cm³/mol. The van der Waals surface area contributed by atoms with Crippen molar-refractivity contribution in [3.05, 3.63) is 78.4 Å². The first kappa shape index (κ1) is 22.0. The molecule has 0 fully saturated rings. The second kappa shape index (κ2) is 11.5. The first-order valence-corrected chi connectivity index (χ1v) is 10.1. The number of carbonyl (C=O) groups is 1. The molecule has 0 heterocycles. The van der Waals surface area contributed by atoms with Crippen LogP contribution in [0, 0.1) is 0 Å². The molecule has 7 nitrogen and oxygen atoms in total. The Balaban J connectivity index is 1.54. The number of benzene rings is 3. The predicted octanol–water partition coefficient (Wildman–Crippen LogP) is 7.05. The highest BCUT2D eigenvalue weighted by Gasteiger charge is 1.97. The zero-order valence-electron chi connectivity index (χ0n) is 17.7. The second-order valence-corrected chi connectivity index (χ2v) is 6.76. The highest BCUT2D eigenvalue weighted by atomic mass is 16.5. The summed E-state index contributed by atoms with van der Waals surface area (Å²) >= 11 is 0. The van der Waals surface area contributed by atoms with Crippen LogP contribution in [0.2, 0.25) is 0 Å². The van der Waals surface area contributed by atoms with Gasteiger partial charge in [0.05, 0.1) is 29.4 Å². The molecule has 0 bridgehead atoms. The van der Waals surface area contributed by atoms with E-state index in [1.807, 2.05) is 55.5 Å². The Morgan fingerprint density at radius 1 is 0.742 bits per heavy atom. The molecule has 7 heteroatoms. The molecular weight excluding hydrogens is 390 g/mol. The van der Waals surface area contributed by atoms with E-state index in [0.29, 0.717) is 11.4 Å². The van der Waals surface area contributed by atoms with Crippen LogP contribution in [0.1, 0.15) is 19.4 Å². The van der Waals surface area contributed by atoms with Crippen molar-refractivity contribution in [2.24, 2.45) is 20.5 Å². The van der Waals surface area contributed by atoms with Crippen LogP contribution in [-0.4, -0.2) is 19.1 Å². The standard InChI is InChI=1S/C24H25N5O2/c1-3-31-17-16-19-4-6-21(7-5-19)26-28-23-12-14-24(15-13-23)29-27-22-10-8-20(9-11-22)25-18(2)30/h4-15H,3,16-17H2,1-2H3,(H,25,30). The number of rotatable bonds is 9. The summed E-state index contributed by atoms with van der Waals surface area (Å²) < 4.78 is 5.37. The van der Waals surface area contributed by atoms with Crippen molar-refractivity contribution in [3.8, 4) is 0 Å². The summed E-state index contributed by atoms with van der Waals surface area (Å²) in [7, 11) is 0. The first-order valence-electron chi connectivity index (χ1n) is 10.1. The molecule has 0 aliphatic carbocycles. The Morgan fingerprint density at radius 3 is 1.58 bits per heavy atom. The molecule has 3 rings (SSSR count). The average molecular weight is 415 g/mol. The summed E-state index contributed by atoms with van der Waals surface area (Å²) in [4.78, 5) is 11.0. The second-order valence-electron chi connectivity index (χ2n) is 6.76. The van der Waals surface area contributed by atoms with E-state index >= 15 is 0 Å². The van der Waals surface area contributed by atoms with Crippen LogP contribution in [-0.2, 0) is 16.0 Å². The molecule has 0 aliphatic heterocycles. The van der Waals surface area contributed by atoms with Crippen molar-refractivity contribution in [1.29, 1.82) is 0 Å². The van der Waals surface area contributed by atoms with Crippen molar-refractivity contribution in [2.75, 3.05) is 18.5 Å². The van der Waals surface area contributed by atoms with Crippen LogP contribution in [0.5, 0.6) is 0 Å². The van der Waals surface area contributed by atoms with Gasteiger partial charge in [-0.2, -0.15) is 20.5 Å². The zero-order valence-corrected chi connectivity index (χ0v) is 17.7. The number of hydrogen-bond donors (Lipinski definition) is 1. The number of carbonyl (C=O) groups excluding carboxylic acids is 1. The van der Waals surface area contributed by atoms with Crippen molar-refractivity contribution < 1.29 is 9.53 Å². The average Bonchev–Trinajstić information content (AvgIpc) is 2.79. The summed E-state index contributed by atoms with van der Waals surface area (Å²) in [6.07, 6.45) is 0.890. The van der Waals surface area contributed by atoms with E-state index in [2.05, 4.69) is 25.8 Å². The monoisotopic (exact) mass is 415 g/mol. The normalized spacial score (nSPS) is 11.3. The van der Waals surface area contributed by atoms with Crippen molar-refractivity contribution in [2.45, 2.75) is 20.3 Å². The molecule has 158 valence electrons. The van der Waals surface area contributed by atoms with Crippen LogP contribution in [0.4, 0.5) is 28.4 Å². The fourth-order valence-corrected chi connectivity index (χ4v) is 2.70. The van der Waals surface area contributed by atoms with Gasteiger partial charge in [-0.1, -0.05) is 12.1 Å². The van der Waals surface area contributed by atoms with Crippen LogP contribution in [0.25, 0.3) is 0 Å². The van der Waals surface area contributed by atoms with Gasteiger partial charge in [-0.25, -0.2) is 0 Å². The van der Waals surface area contributed by atoms with Crippen LogP contribution < -0.4 is 5.32 Å². The lowest BCUT2D eigenvalue weighted by Gasteiger charge is -2.02. The van der Waals surface area contributed by atoms with Crippen molar-refractivity contribution in [3.63, 3.8) is 0 Å². The molecule has 3 aromatic carbocycles. The summed E-state index contributed by atoms with van der Waals surface area (Å²) in [5.41, 5.74) is 4.88. The fraction of sp³-hybridized carbons (Fsp3) is 0.208. The topological polar surface area (TPSA) is 87.8 Å². The molecule has 31 heavy (non-hydrogen) atoms. The molecular formula is C24H25N5O2. The molecule has 3 aromatic rings. The Hall–Kier alpha value is -3.71. The number of nitrogens with one attached hydrogen (secondary N) is 1. The van der Waals surface area contributed by atoms with E-state index in [1.165, 1.54) is 12.5 Å². The third-order valence-corrected chi connectivity index (χ3v) is 4.27. The van der Waals surface area contributed by atoms with Gasteiger partial charge in [-0.3, -0.25) is 4.79 Å². The van der Waals surface area contributed by atoms with Gasteiger partial charge >= 0.3 is 0 Å². The third-order valence-electron chi connectivity index (χ3n) is 4.27. The molecule has 0 atom stereocenters. The molecule has 0 spiro atoms. The van der Waals surface area contributed by atoms with E-state index in [-0.39, 0.29) is 5.91 Å². The molecule has 0 radical (unpaired) electrons. The number of anilines is 1. The first-order chi connectivity index (χ1) is 15.1. The van der Waals surface area contributed by atoms with Gasteiger partial charge in [0.2, 0.25) is 5.91 Å². The van der Waals surface area contributed by atoms with E-state index in [0.717, 1.165) is 36.7 Å². The molecule has 0 aliphatic rings. The summed E-state index contributed by atoms with van der Waals surface area (Å²) in [6.45, 7) is 4.93. The minimum absolute atomic E-state index is 0.110. The highest BCUT2D eigenvalue weighted by molar-refractivity contribution is 5.88. The Labute approximate surface area is 181 Å². The molecule has 1 N–H and O–H groups in total. The number of azo groups is 2. The Bertz CT molecular complexity index is 1030. The van der Waals surface area contributed by atoms with Crippen LogP contribution >= 0.6 is 0 Å². The Kier molecular flexibility index (Phi) is 8.13. The van der Waals surface area contributed by atoms with Crippen molar-refractivity contribution >= 4 is 34.3 Å². The number of hydrogen-bond acceptors (Lipinski definition) is 6. The molecule has 0 aromatic heterocycles. The van der Waals surface area contributed by atoms with Gasteiger partial charge in [-0.05, 0) is 79.6 Å². The highest BCUT2D eigenvalue weighted by Crippen LogP contribution is 2.24. The van der Waals surface area contributed by atoms with Crippen LogP contribution in [0.3, 0.4) is 0 Å². The molecule has 0 saturated carbocycles. The smallest absolute Gasteiger partial charge is 0.221 e. The lowest BCUT2D eigenvalue weighted by atomic mass is 10.1. The van der Waals surface area contributed by atoms with Gasteiger partial charge in [-0.15, -0.1) is 0 Å². The maximum absolute atomic E-state index is 11.0. The minimum Gasteiger partial charge on any atom is -0.381 e. The fourth-order valence-electron chi connectivity index (χ4n) is 2.70. The van der Waals surface area contributed by atoms with Gasteiger partial charge in [0.15, 0.2) is 0 Å². The number of amides is 1. The SMILES string of the molecule is CCOCCc1ccc(N=Nc2ccc(N=Nc3ccc(NC(C)=O)cc3)cc2)cc1. The lowest BCUT2D eigenvalue weighted by Crippen LogP contribution is -2.04. The van der Waals surface area contributed by atoms with Crippen molar-refractivity contribution in [1.82, 2.24) is 0 Å². The lowest BCUT2D eigenvalue weighted by molar-refractivity contribution is -0.114. The minimum atomic E-state index is -0.110. The number of ether oxygens (including phenoxy) is 1. The number of nitrogens with zero attached hydrogens (tertiary/aromatic N) is 4. The van der Waals surface area contributed by atoms with E-state index < -0.39 is 0 Å². The maximum atomic E-state index is 11.0. The third kappa shape index (κ3) is 7.56. The van der Waals surface area contributed by atoms with Gasteiger partial charge in [0.1, 0.15) is 0 Å². The zero-order chi connectivity index (χ0) is 21.9. The quantitative estimate of drug-likeness (QED) is 0.300. The van der Waals surface area contributed by atoms with Gasteiger partial charge < -0.3 is 10.1 Å². The molecule has 0 unspecified atom stereocenters. The van der Waals surface area contributed by atoms with E-state index in [4.69, 9.17) is 4.74 Å². The van der Waals surface area contributed by atoms with Gasteiger partial charge in [0.25, 0.3) is 0 Å². The summed E-state index contributed by atoms with van der Waals surface area (Å²) in [6, 6.07) is 22.5. The maximum Gasteiger partial charge on any atom is 0.221 e. The van der Waals surface area contributed by atoms with Gasteiger partial charge in [0, 0.05) is 19.2 Å². The van der Waals surface area contributed by atoms with E-state index in [1.54, 1.807) is 24.3 Å². The Morgan fingerprint density at radius 2 is 1.16 bits per heavy atom.